The molecule has 0 aliphatic carbocycles. The predicted molar refractivity (Wildman–Crippen MR) is 98.0 cm³/mol. The van der Waals surface area contributed by atoms with Crippen molar-refractivity contribution >= 4 is 17.7 Å². The molecule has 0 spiro atoms. The number of nitrogens with zero attached hydrogens (tertiary/aromatic N) is 2. The monoisotopic (exact) mass is 375 g/mol. The van der Waals surface area contributed by atoms with Crippen LogP contribution in [-0.2, 0) is 5.75 Å². The fourth-order valence-corrected chi connectivity index (χ4v) is 3.50. The molecule has 1 fully saturated rings. The van der Waals surface area contributed by atoms with Gasteiger partial charge in [-0.05, 0) is 18.9 Å². The number of benzene rings is 1. The van der Waals surface area contributed by atoms with Gasteiger partial charge in [-0.2, -0.15) is 0 Å². The predicted octanol–water partition coefficient (Wildman–Crippen LogP) is 1.02. The molecular weight excluding hydrogens is 354 g/mol. The Hall–Kier alpha value is -2.16. The molecule has 1 saturated heterocycles. The van der Waals surface area contributed by atoms with Gasteiger partial charge >= 0.3 is 0 Å². The lowest BCUT2D eigenvalue weighted by Crippen LogP contribution is -2.55. The molecular formula is C18H21N3O4S. The van der Waals surface area contributed by atoms with Crippen molar-refractivity contribution in [3.63, 3.8) is 0 Å². The van der Waals surface area contributed by atoms with Crippen molar-refractivity contribution in [1.29, 1.82) is 0 Å². The van der Waals surface area contributed by atoms with Gasteiger partial charge in [0.25, 0.3) is 11.5 Å². The largest absolute Gasteiger partial charge is 0.388 e. The van der Waals surface area contributed by atoms with Crippen molar-refractivity contribution in [2.24, 2.45) is 0 Å². The quantitative estimate of drug-likeness (QED) is 0.544. The number of nitrogens with one attached hydrogen (secondary N) is 1. The summed E-state index contributed by atoms with van der Waals surface area (Å²) in [6.45, 7) is 1.79. The number of carbonyl (C=O) groups excluding carboxylic acids is 1. The number of β-amino-alcohol motifs (C(OH)–C–C–N with tert-alkyl or cyclic N) is 1. The molecule has 3 N–H and O–H groups in total. The Morgan fingerprint density at radius 2 is 2.15 bits per heavy atom. The summed E-state index contributed by atoms with van der Waals surface area (Å²) in [5.41, 5.74) is -0.691. The number of hydrogen-bond donors (Lipinski definition) is 3. The number of H-pyrrole nitrogens is 1. The Kier molecular flexibility index (Phi) is 5.45. The second kappa shape index (κ2) is 7.61. The average Bonchev–Trinajstić information content (AvgIpc) is 2.63. The summed E-state index contributed by atoms with van der Waals surface area (Å²) in [5.74, 6) is 0.165. The maximum Gasteiger partial charge on any atom is 0.264 e. The highest BCUT2D eigenvalue weighted by Crippen LogP contribution is 2.23. The van der Waals surface area contributed by atoms with E-state index < -0.39 is 23.2 Å². The molecule has 8 heteroatoms. The van der Waals surface area contributed by atoms with Crippen molar-refractivity contribution in [2.45, 2.75) is 36.0 Å². The van der Waals surface area contributed by atoms with Crippen LogP contribution in [0.1, 0.15) is 29.3 Å². The standard InChI is InChI=1S/C18H21N3O4S/c1-18(25)7-8-21(10-14(18)22)16(24)13-9-19-17(20-15(13)23)26-11-12-5-3-2-4-6-12/h2-6,9,14,22,25H,7-8,10-11H2,1H3,(H,19,20,23)/t14-,18-/m1/s1. The number of aromatic nitrogens is 2. The fourth-order valence-electron chi connectivity index (χ4n) is 2.71. The molecule has 1 aromatic heterocycles. The lowest BCUT2D eigenvalue weighted by molar-refractivity contribution is -0.0999. The molecule has 1 aromatic carbocycles. The van der Waals surface area contributed by atoms with Crippen LogP contribution in [0.3, 0.4) is 0 Å². The summed E-state index contributed by atoms with van der Waals surface area (Å²) in [6, 6.07) is 9.79. The molecule has 0 radical (unpaired) electrons. The molecule has 3 rings (SSSR count). The third kappa shape index (κ3) is 4.14. The van der Waals surface area contributed by atoms with Gasteiger partial charge in [0.15, 0.2) is 5.16 Å². The SMILES string of the molecule is C[C@@]1(O)CCN(C(=O)c2cnc(SCc3ccccc3)[nH]c2=O)C[C@H]1O. The van der Waals surface area contributed by atoms with E-state index in [0.717, 1.165) is 5.56 Å². The lowest BCUT2D eigenvalue weighted by atomic mass is 9.90. The van der Waals surface area contributed by atoms with E-state index in [0.29, 0.717) is 10.9 Å². The van der Waals surface area contributed by atoms with Gasteiger partial charge in [0.05, 0.1) is 11.7 Å². The van der Waals surface area contributed by atoms with E-state index >= 15 is 0 Å². The van der Waals surface area contributed by atoms with Gasteiger partial charge in [-0.15, -0.1) is 0 Å². The number of aromatic amines is 1. The van der Waals surface area contributed by atoms with Crippen LogP contribution in [-0.4, -0.2) is 55.8 Å². The number of aliphatic hydroxyl groups excluding tert-OH is 1. The smallest absolute Gasteiger partial charge is 0.264 e. The fraction of sp³-hybridized carbons (Fsp3) is 0.389. The number of aliphatic hydroxyl groups is 2. The second-order valence-electron chi connectivity index (χ2n) is 6.58. The van der Waals surface area contributed by atoms with E-state index in [-0.39, 0.29) is 25.1 Å². The van der Waals surface area contributed by atoms with Crippen LogP contribution in [0, 0.1) is 0 Å². The zero-order valence-corrected chi connectivity index (χ0v) is 15.2. The average molecular weight is 375 g/mol. The Labute approximate surface area is 155 Å². The van der Waals surface area contributed by atoms with Gasteiger partial charge < -0.3 is 20.1 Å². The molecule has 0 unspecified atom stereocenters. The Morgan fingerprint density at radius 3 is 2.81 bits per heavy atom. The van der Waals surface area contributed by atoms with Crippen LogP contribution in [0.2, 0.25) is 0 Å². The minimum Gasteiger partial charge on any atom is -0.388 e. The molecule has 1 aliphatic heterocycles. The Bertz CT molecular complexity index is 838. The van der Waals surface area contributed by atoms with Crippen molar-refractivity contribution in [3.05, 3.63) is 58.0 Å². The number of thioether (sulfide) groups is 1. The molecule has 138 valence electrons. The van der Waals surface area contributed by atoms with Crippen LogP contribution in [0.15, 0.2) is 46.5 Å². The maximum atomic E-state index is 12.5. The first kappa shape index (κ1) is 18.6. The number of likely N-dealkylation sites (tertiary alicyclic amines) is 1. The van der Waals surface area contributed by atoms with Crippen LogP contribution in [0.4, 0.5) is 0 Å². The van der Waals surface area contributed by atoms with Crippen LogP contribution in [0.5, 0.6) is 0 Å². The molecule has 2 heterocycles. The van der Waals surface area contributed by atoms with Crippen LogP contribution in [0.25, 0.3) is 0 Å². The summed E-state index contributed by atoms with van der Waals surface area (Å²) in [5, 5.41) is 20.4. The summed E-state index contributed by atoms with van der Waals surface area (Å²) in [7, 11) is 0. The van der Waals surface area contributed by atoms with Crippen molar-refractivity contribution in [2.75, 3.05) is 13.1 Å². The van der Waals surface area contributed by atoms with Gasteiger partial charge in [0.1, 0.15) is 5.56 Å². The maximum absolute atomic E-state index is 12.5. The first-order chi connectivity index (χ1) is 12.4. The van der Waals surface area contributed by atoms with Gasteiger partial charge in [0, 0.05) is 25.0 Å². The highest BCUT2D eigenvalue weighted by Gasteiger charge is 2.38. The van der Waals surface area contributed by atoms with E-state index in [9.17, 15) is 19.8 Å². The molecule has 1 amide bonds. The summed E-state index contributed by atoms with van der Waals surface area (Å²) in [4.78, 5) is 33.0. The van der Waals surface area contributed by atoms with Gasteiger partial charge in [-0.3, -0.25) is 9.59 Å². The van der Waals surface area contributed by atoms with E-state index in [1.807, 2.05) is 30.3 Å². The number of carbonyl (C=O) groups is 1. The molecule has 2 atom stereocenters. The van der Waals surface area contributed by atoms with E-state index in [1.165, 1.54) is 29.8 Å². The highest BCUT2D eigenvalue weighted by atomic mass is 32.2. The minimum atomic E-state index is -1.22. The van der Waals surface area contributed by atoms with Crippen molar-refractivity contribution in [3.8, 4) is 0 Å². The Balaban J connectivity index is 1.67. The van der Waals surface area contributed by atoms with Gasteiger partial charge in [-0.25, -0.2) is 4.98 Å². The third-order valence-corrected chi connectivity index (χ3v) is 5.47. The van der Waals surface area contributed by atoms with Crippen molar-refractivity contribution < 1.29 is 15.0 Å². The first-order valence-corrected chi connectivity index (χ1v) is 9.31. The normalized spacial score (nSPS) is 23.0. The third-order valence-electron chi connectivity index (χ3n) is 4.51. The molecule has 0 bridgehead atoms. The van der Waals surface area contributed by atoms with E-state index in [1.54, 1.807) is 0 Å². The van der Waals surface area contributed by atoms with E-state index in [4.69, 9.17) is 0 Å². The summed E-state index contributed by atoms with van der Waals surface area (Å²) in [6.07, 6.45) is 0.470. The van der Waals surface area contributed by atoms with Crippen LogP contribution >= 0.6 is 11.8 Å². The second-order valence-corrected chi connectivity index (χ2v) is 7.54. The topological polar surface area (TPSA) is 107 Å². The van der Waals surface area contributed by atoms with E-state index in [2.05, 4.69) is 9.97 Å². The van der Waals surface area contributed by atoms with Gasteiger partial charge in [-0.1, -0.05) is 42.1 Å². The minimum absolute atomic E-state index is 0.0181. The van der Waals surface area contributed by atoms with Gasteiger partial charge in [0.2, 0.25) is 0 Å². The van der Waals surface area contributed by atoms with Crippen molar-refractivity contribution in [1.82, 2.24) is 14.9 Å². The molecule has 2 aromatic rings. The summed E-state index contributed by atoms with van der Waals surface area (Å²) >= 11 is 1.38. The number of piperidine rings is 1. The number of rotatable bonds is 4. The highest BCUT2D eigenvalue weighted by molar-refractivity contribution is 7.98. The number of amides is 1. The molecule has 26 heavy (non-hydrogen) atoms. The molecule has 1 aliphatic rings. The zero-order chi connectivity index (χ0) is 18.7. The first-order valence-electron chi connectivity index (χ1n) is 8.32. The summed E-state index contributed by atoms with van der Waals surface area (Å²) < 4.78 is 0. The zero-order valence-electron chi connectivity index (χ0n) is 14.4. The molecule has 0 saturated carbocycles. The van der Waals surface area contributed by atoms with Crippen LogP contribution < -0.4 is 5.56 Å². The number of hydrogen-bond acceptors (Lipinski definition) is 6. The Morgan fingerprint density at radius 1 is 1.42 bits per heavy atom. The lowest BCUT2D eigenvalue weighted by Gasteiger charge is -2.39. The molecule has 7 nitrogen and oxygen atoms in total.